The van der Waals surface area contributed by atoms with Crippen molar-refractivity contribution in [1.29, 1.82) is 0 Å². The summed E-state index contributed by atoms with van der Waals surface area (Å²) in [5.74, 6) is -0.920. The first kappa shape index (κ1) is 22.0. The van der Waals surface area contributed by atoms with E-state index in [1.165, 1.54) is 24.3 Å². The summed E-state index contributed by atoms with van der Waals surface area (Å²) in [6, 6.07) is 19.0. The lowest BCUT2D eigenvalue weighted by molar-refractivity contribution is 0.0526. The molecule has 0 saturated carbocycles. The molecule has 2 N–H and O–H groups in total. The molecule has 8 heteroatoms. The SMILES string of the molecule is CCOC(=O)c1ccc(NC(=O)c2cccc(S(=O)(=O)Nc3ccccc3C)c2)cc1. The van der Waals surface area contributed by atoms with Gasteiger partial charge in [-0.3, -0.25) is 9.52 Å². The predicted octanol–water partition coefficient (Wildman–Crippen LogP) is 4.22. The van der Waals surface area contributed by atoms with Crippen molar-refractivity contribution in [3.63, 3.8) is 0 Å². The molecule has 0 fully saturated rings. The second kappa shape index (κ2) is 9.44. The number of para-hydroxylation sites is 1. The van der Waals surface area contributed by atoms with Gasteiger partial charge in [0.15, 0.2) is 0 Å². The third kappa shape index (κ3) is 5.49. The van der Waals surface area contributed by atoms with E-state index in [1.54, 1.807) is 56.3 Å². The van der Waals surface area contributed by atoms with Gasteiger partial charge >= 0.3 is 5.97 Å². The first-order valence-electron chi connectivity index (χ1n) is 9.57. The van der Waals surface area contributed by atoms with E-state index < -0.39 is 21.9 Å². The van der Waals surface area contributed by atoms with Gasteiger partial charge in [-0.2, -0.15) is 0 Å². The molecule has 0 unspecified atom stereocenters. The lowest BCUT2D eigenvalue weighted by Gasteiger charge is -2.11. The van der Waals surface area contributed by atoms with Crippen LogP contribution >= 0.6 is 0 Å². The number of nitrogens with one attached hydrogen (secondary N) is 2. The maximum absolute atomic E-state index is 12.8. The van der Waals surface area contributed by atoms with Crippen molar-refractivity contribution in [2.75, 3.05) is 16.6 Å². The van der Waals surface area contributed by atoms with Gasteiger partial charge < -0.3 is 10.1 Å². The number of anilines is 2. The van der Waals surface area contributed by atoms with Gasteiger partial charge in [0.2, 0.25) is 0 Å². The average Bonchev–Trinajstić information content (AvgIpc) is 2.76. The molecular formula is C23H22N2O5S. The van der Waals surface area contributed by atoms with E-state index in [0.29, 0.717) is 16.9 Å². The molecule has 3 aromatic rings. The summed E-state index contributed by atoms with van der Waals surface area (Å²) in [5, 5.41) is 2.69. The summed E-state index contributed by atoms with van der Waals surface area (Å²) >= 11 is 0. The number of ether oxygens (including phenoxy) is 1. The predicted molar refractivity (Wildman–Crippen MR) is 119 cm³/mol. The third-order valence-corrected chi connectivity index (χ3v) is 5.81. The van der Waals surface area contributed by atoms with Gasteiger partial charge in [0.1, 0.15) is 0 Å². The highest BCUT2D eigenvalue weighted by Crippen LogP contribution is 2.20. The maximum Gasteiger partial charge on any atom is 0.338 e. The lowest BCUT2D eigenvalue weighted by atomic mass is 10.2. The Morgan fingerprint density at radius 1 is 0.903 bits per heavy atom. The van der Waals surface area contributed by atoms with Gasteiger partial charge in [0.25, 0.3) is 15.9 Å². The molecule has 0 aromatic heterocycles. The van der Waals surface area contributed by atoms with Gasteiger partial charge in [-0.25, -0.2) is 13.2 Å². The molecule has 0 heterocycles. The molecule has 0 bridgehead atoms. The van der Waals surface area contributed by atoms with Crippen molar-refractivity contribution in [3.05, 3.63) is 89.5 Å². The molecule has 160 valence electrons. The highest BCUT2D eigenvalue weighted by atomic mass is 32.2. The third-order valence-electron chi connectivity index (χ3n) is 4.45. The molecule has 0 aliphatic heterocycles. The number of rotatable bonds is 7. The Morgan fingerprint density at radius 3 is 2.29 bits per heavy atom. The summed E-state index contributed by atoms with van der Waals surface area (Å²) in [7, 11) is -3.87. The fourth-order valence-electron chi connectivity index (χ4n) is 2.80. The van der Waals surface area contributed by atoms with Crippen LogP contribution in [0.5, 0.6) is 0 Å². The maximum atomic E-state index is 12.8. The molecule has 31 heavy (non-hydrogen) atoms. The Balaban J connectivity index is 1.75. The Hall–Kier alpha value is -3.65. The Kier molecular flexibility index (Phi) is 6.71. The first-order valence-corrected chi connectivity index (χ1v) is 11.1. The summed E-state index contributed by atoms with van der Waals surface area (Å²) in [6.07, 6.45) is 0. The summed E-state index contributed by atoms with van der Waals surface area (Å²) in [4.78, 5) is 24.3. The highest BCUT2D eigenvalue weighted by molar-refractivity contribution is 7.92. The number of aryl methyl sites for hydroxylation is 1. The number of hydrogen-bond acceptors (Lipinski definition) is 5. The monoisotopic (exact) mass is 438 g/mol. The van der Waals surface area contributed by atoms with Crippen LogP contribution in [0.3, 0.4) is 0 Å². The molecule has 0 atom stereocenters. The van der Waals surface area contributed by atoms with Crippen molar-refractivity contribution in [3.8, 4) is 0 Å². The number of sulfonamides is 1. The lowest BCUT2D eigenvalue weighted by Crippen LogP contribution is -2.16. The first-order chi connectivity index (χ1) is 14.8. The largest absolute Gasteiger partial charge is 0.462 e. The molecule has 3 rings (SSSR count). The molecular weight excluding hydrogens is 416 g/mol. The average molecular weight is 439 g/mol. The summed E-state index contributed by atoms with van der Waals surface area (Å²) in [5.41, 5.74) is 2.27. The fourth-order valence-corrected chi connectivity index (χ4v) is 3.98. The zero-order chi connectivity index (χ0) is 22.4. The topological polar surface area (TPSA) is 102 Å². The fraction of sp³-hybridized carbons (Fsp3) is 0.130. The normalized spacial score (nSPS) is 10.9. The van der Waals surface area contributed by atoms with Crippen LogP contribution in [0.25, 0.3) is 0 Å². The second-order valence-corrected chi connectivity index (χ2v) is 8.38. The number of amides is 1. The molecule has 7 nitrogen and oxygen atoms in total. The van der Waals surface area contributed by atoms with Crippen molar-refractivity contribution < 1.29 is 22.7 Å². The van der Waals surface area contributed by atoms with Crippen molar-refractivity contribution in [1.82, 2.24) is 0 Å². The number of hydrogen-bond donors (Lipinski definition) is 2. The molecule has 0 radical (unpaired) electrons. The number of benzene rings is 3. The molecule has 0 saturated heterocycles. The molecule has 1 amide bonds. The van der Waals surface area contributed by atoms with E-state index in [9.17, 15) is 18.0 Å². The van der Waals surface area contributed by atoms with E-state index in [4.69, 9.17) is 4.74 Å². The van der Waals surface area contributed by atoms with Crippen LogP contribution in [0.2, 0.25) is 0 Å². The van der Waals surface area contributed by atoms with Crippen LogP contribution < -0.4 is 10.0 Å². The standard InChI is InChI=1S/C23H22N2O5S/c1-3-30-23(27)17-11-13-19(14-12-17)24-22(26)18-8-6-9-20(15-18)31(28,29)25-21-10-5-4-7-16(21)2/h4-15,25H,3H2,1-2H3,(H,24,26). The van der Waals surface area contributed by atoms with E-state index in [0.717, 1.165) is 5.56 Å². The van der Waals surface area contributed by atoms with Gasteiger partial charge in [-0.05, 0) is 67.9 Å². The highest BCUT2D eigenvalue weighted by Gasteiger charge is 2.17. The van der Waals surface area contributed by atoms with E-state index in [2.05, 4.69) is 10.0 Å². The van der Waals surface area contributed by atoms with Crippen LogP contribution in [-0.2, 0) is 14.8 Å². The Bertz CT molecular complexity index is 1200. The van der Waals surface area contributed by atoms with E-state index >= 15 is 0 Å². The minimum Gasteiger partial charge on any atom is -0.462 e. The van der Waals surface area contributed by atoms with Gasteiger partial charge in [-0.1, -0.05) is 24.3 Å². The smallest absolute Gasteiger partial charge is 0.338 e. The number of carbonyl (C=O) groups excluding carboxylic acids is 2. The number of esters is 1. The van der Waals surface area contributed by atoms with Crippen LogP contribution in [0.4, 0.5) is 11.4 Å². The summed E-state index contributed by atoms with van der Waals surface area (Å²) < 4.78 is 33.0. The van der Waals surface area contributed by atoms with Crippen LogP contribution in [0.15, 0.2) is 77.7 Å². The van der Waals surface area contributed by atoms with E-state index in [-0.39, 0.29) is 17.1 Å². The Labute approximate surface area is 181 Å². The van der Waals surface area contributed by atoms with Crippen LogP contribution in [0, 0.1) is 6.92 Å². The minimum atomic E-state index is -3.87. The van der Waals surface area contributed by atoms with Crippen molar-refractivity contribution >= 4 is 33.3 Å². The quantitative estimate of drug-likeness (QED) is 0.538. The molecule has 0 spiro atoms. The van der Waals surface area contributed by atoms with Gasteiger partial charge in [-0.15, -0.1) is 0 Å². The minimum absolute atomic E-state index is 0.0268. The summed E-state index contributed by atoms with van der Waals surface area (Å²) in [6.45, 7) is 3.79. The zero-order valence-corrected chi connectivity index (χ0v) is 17.9. The van der Waals surface area contributed by atoms with Crippen LogP contribution in [0.1, 0.15) is 33.2 Å². The van der Waals surface area contributed by atoms with Crippen LogP contribution in [-0.4, -0.2) is 26.9 Å². The van der Waals surface area contributed by atoms with Gasteiger partial charge in [0, 0.05) is 11.3 Å². The Morgan fingerprint density at radius 2 is 1.61 bits per heavy atom. The molecule has 0 aliphatic rings. The number of carbonyl (C=O) groups is 2. The van der Waals surface area contributed by atoms with Crippen molar-refractivity contribution in [2.24, 2.45) is 0 Å². The zero-order valence-electron chi connectivity index (χ0n) is 17.1. The van der Waals surface area contributed by atoms with Gasteiger partial charge in [0.05, 0.1) is 22.8 Å². The van der Waals surface area contributed by atoms with Crippen molar-refractivity contribution in [2.45, 2.75) is 18.7 Å². The second-order valence-electron chi connectivity index (χ2n) is 6.70. The molecule has 3 aromatic carbocycles. The molecule has 0 aliphatic carbocycles. The van der Waals surface area contributed by atoms with E-state index in [1.807, 2.05) is 6.07 Å².